The van der Waals surface area contributed by atoms with E-state index < -0.39 is 12.2 Å². The Kier molecular flexibility index (Phi) is 6.77. The molecule has 0 spiro atoms. The molecule has 3 rings (SSSR count). The van der Waals surface area contributed by atoms with Crippen LogP contribution in [0.3, 0.4) is 0 Å². The maximum absolute atomic E-state index is 13.7. The number of para-hydroxylation sites is 1. The normalized spacial score (nSPS) is 17.4. The molecule has 1 atom stereocenters. The molecule has 23 heavy (non-hydrogen) atoms. The molecule has 1 fully saturated rings. The fourth-order valence-corrected chi connectivity index (χ4v) is 3.14. The van der Waals surface area contributed by atoms with Gasteiger partial charge in [-0.15, -0.1) is 24.8 Å². The van der Waals surface area contributed by atoms with E-state index in [2.05, 4.69) is 10.3 Å². The molecule has 1 aliphatic heterocycles. The van der Waals surface area contributed by atoms with Crippen LogP contribution in [0.4, 0.5) is 13.2 Å². The van der Waals surface area contributed by atoms with Gasteiger partial charge in [-0.05, 0) is 13.0 Å². The van der Waals surface area contributed by atoms with Crippen molar-refractivity contribution in [3.8, 4) is 0 Å². The van der Waals surface area contributed by atoms with Crippen LogP contribution in [-0.2, 0) is 0 Å². The van der Waals surface area contributed by atoms with E-state index in [1.165, 1.54) is 4.90 Å². The van der Waals surface area contributed by atoms with E-state index in [9.17, 15) is 13.2 Å². The van der Waals surface area contributed by atoms with Gasteiger partial charge in [-0.1, -0.05) is 18.2 Å². The molecule has 1 aromatic carbocycles. The summed E-state index contributed by atoms with van der Waals surface area (Å²) in [7, 11) is 0. The van der Waals surface area contributed by atoms with Gasteiger partial charge in [-0.3, -0.25) is 4.90 Å². The van der Waals surface area contributed by atoms with Crippen molar-refractivity contribution in [1.29, 1.82) is 0 Å². The molecule has 2 aromatic rings. The lowest BCUT2D eigenvalue weighted by molar-refractivity contribution is -0.187. The summed E-state index contributed by atoms with van der Waals surface area (Å²) in [6.07, 6.45) is -4.28. The highest BCUT2D eigenvalue weighted by Crippen LogP contribution is 2.42. The van der Waals surface area contributed by atoms with E-state index in [0.29, 0.717) is 42.8 Å². The van der Waals surface area contributed by atoms with Crippen LogP contribution in [0.5, 0.6) is 0 Å². The molecule has 1 saturated heterocycles. The Bertz CT molecular complexity index is 636. The predicted molar refractivity (Wildman–Crippen MR) is 90.8 cm³/mol. The first-order chi connectivity index (χ1) is 9.98. The Morgan fingerprint density at radius 3 is 2.30 bits per heavy atom. The summed E-state index contributed by atoms with van der Waals surface area (Å²) in [5.74, 6) is 0. The van der Waals surface area contributed by atoms with E-state index in [4.69, 9.17) is 0 Å². The van der Waals surface area contributed by atoms with E-state index >= 15 is 0 Å². The van der Waals surface area contributed by atoms with Crippen LogP contribution in [0.25, 0.3) is 10.9 Å². The quantitative estimate of drug-likeness (QED) is 0.842. The van der Waals surface area contributed by atoms with E-state index in [-0.39, 0.29) is 24.8 Å². The average Bonchev–Trinajstić information content (AvgIpc) is 2.76. The van der Waals surface area contributed by atoms with Crippen molar-refractivity contribution in [3.63, 3.8) is 0 Å². The molecule has 2 heterocycles. The van der Waals surface area contributed by atoms with Crippen LogP contribution in [0.1, 0.15) is 17.3 Å². The van der Waals surface area contributed by atoms with Crippen molar-refractivity contribution in [2.24, 2.45) is 0 Å². The third-order valence-corrected chi connectivity index (χ3v) is 4.04. The molecule has 130 valence electrons. The van der Waals surface area contributed by atoms with Crippen LogP contribution in [0, 0.1) is 6.92 Å². The molecule has 1 aliphatic rings. The van der Waals surface area contributed by atoms with Gasteiger partial charge in [-0.25, -0.2) is 0 Å². The second kappa shape index (κ2) is 7.75. The summed E-state index contributed by atoms with van der Waals surface area (Å²) in [6.45, 7) is 3.71. The molecule has 0 radical (unpaired) electrons. The van der Waals surface area contributed by atoms with Crippen molar-refractivity contribution >= 4 is 35.7 Å². The van der Waals surface area contributed by atoms with Gasteiger partial charge in [0.1, 0.15) is 6.04 Å². The van der Waals surface area contributed by atoms with Gasteiger partial charge in [0.15, 0.2) is 0 Å². The highest BCUT2D eigenvalue weighted by molar-refractivity contribution is 5.86. The number of rotatable bonds is 2. The zero-order chi connectivity index (χ0) is 15.0. The average molecular weight is 370 g/mol. The fourth-order valence-electron chi connectivity index (χ4n) is 3.14. The van der Waals surface area contributed by atoms with Gasteiger partial charge in [-0.2, -0.15) is 13.2 Å². The zero-order valence-corrected chi connectivity index (χ0v) is 14.2. The molecule has 0 unspecified atom stereocenters. The molecule has 0 aliphatic carbocycles. The number of hydrogen-bond acceptors (Lipinski definition) is 2. The number of hydrogen-bond donors (Lipinski definition) is 2. The highest BCUT2D eigenvalue weighted by Gasteiger charge is 2.46. The number of aromatic nitrogens is 1. The summed E-state index contributed by atoms with van der Waals surface area (Å²) in [5.41, 5.74) is 1.71. The monoisotopic (exact) mass is 369 g/mol. The van der Waals surface area contributed by atoms with Crippen molar-refractivity contribution < 1.29 is 13.2 Å². The van der Waals surface area contributed by atoms with Gasteiger partial charge < -0.3 is 10.3 Å². The lowest BCUT2D eigenvalue weighted by Crippen LogP contribution is -2.49. The molecule has 2 N–H and O–H groups in total. The van der Waals surface area contributed by atoms with Gasteiger partial charge in [0.25, 0.3) is 0 Å². The first kappa shape index (κ1) is 20.1. The third kappa shape index (κ3) is 3.94. The van der Waals surface area contributed by atoms with E-state index in [1.807, 2.05) is 12.1 Å². The minimum atomic E-state index is -4.28. The summed E-state index contributed by atoms with van der Waals surface area (Å²) in [5, 5.41) is 3.76. The molecule has 3 nitrogen and oxygen atoms in total. The number of piperazine rings is 1. The Morgan fingerprint density at radius 2 is 1.70 bits per heavy atom. The Hall–Kier alpha value is -0.950. The van der Waals surface area contributed by atoms with Crippen LogP contribution in [0.15, 0.2) is 24.3 Å². The molecular weight excluding hydrogens is 350 g/mol. The summed E-state index contributed by atoms with van der Waals surface area (Å²) >= 11 is 0. The van der Waals surface area contributed by atoms with Crippen LogP contribution in [-0.4, -0.2) is 42.2 Å². The highest BCUT2D eigenvalue weighted by atomic mass is 35.5. The number of halogens is 5. The topological polar surface area (TPSA) is 31.1 Å². The first-order valence-electron chi connectivity index (χ1n) is 7.07. The number of nitrogens with zero attached hydrogens (tertiary/aromatic N) is 1. The molecular formula is C15H20Cl2F3N3. The summed E-state index contributed by atoms with van der Waals surface area (Å²) in [6, 6.07) is 5.64. The number of aryl methyl sites for hydroxylation is 1. The standard InChI is InChI=1S/C15H18F3N3.2ClH/c1-10-13(11-4-2-3-5-12(11)20-10)14(15(16,17)18)21-8-6-19-7-9-21;;/h2-5,14,19-20H,6-9H2,1H3;2*1H/t14-;;/m1../s1. The van der Waals surface area contributed by atoms with Crippen molar-refractivity contribution in [1.82, 2.24) is 15.2 Å². The second-order valence-corrected chi connectivity index (χ2v) is 5.44. The van der Waals surface area contributed by atoms with E-state index in [1.54, 1.807) is 19.1 Å². The van der Waals surface area contributed by atoms with Gasteiger partial charge >= 0.3 is 6.18 Å². The molecule has 0 saturated carbocycles. The SMILES string of the molecule is Cc1[nH]c2ccccc2c1[C@@H](N1CCNCC1)C(F)(F)F.Cl.Cl. The van der Waals surface area contributed by atoms with Gasteiger partial charge in [0, 0.05) is 48.3 Å². The number of nitrogens with one attached hydrogen (secondary N) is 2. The lowest BCUT2D eigenvalue weighted by Gasteiger charge is -2.36. The number of fused-ring (bicyclic) bond motifs is 1. The minimum Gasteiger partial charge on any atom is -0.358 e. The summed E-state index contributed by atoms with van der Waals surface area (Å²) < 4.78 is 41.1. The number of benzene rings is 1. The Labute approximate surface area is 145 Å². The van der Waals surface area contributed by atoms with Crippen LogP contribution in [0.2, 0.25) is 0 Å². The molecule has 0 amide bonds. The van der Waals surface area contributed by atoms with Gasteiger partial charge in [0.05, 0.1) is 0 Å². The predicted octanol–water partition coefficient (Wildman–Crippen LogP) is 3.83. The lowest BCUT2D eigenvalue weighted by atomic mass is 10.0. The Morgan fingerprint density at radius 1 is 1.09 bits per heavy atom. The maximum atomic E-state index is 13.7. The van der Waals surface area contributed by atoms with Gasteiger partial charge in [0.2, 0.25) is 0 Å². The van der Waals surface area contributed by atoms with E-state index in [0.717, 1.165) is 5.52 Å². The zero-order valence-electron chi connectivity index (χ0n) is 12.6. The molecule has 0 bridgehead atoms. The van der Waals surface area contributed by atoms with Crippen molar-refractivity contribution in [2.45, 2.75) is 19.1 Å². The Balaban J connectivity index is 0.00000132. The number of aromatic amines is 1. The number of H-pyrrole nitrogens is 1. The fraction of sp³-hybridized carbons (Fsp3) is 0.467. The largest absolute Gasteiger partial charge is 0.408 e. The van der Waals surface area contributed by atoms with Crippen molar-refractivity contribution in [3.05, 3.63) is 35.5 Å². The van der Waals surface area contributed by atoms with Crippen LogP contribution < -0.4 is 5.32 Å². The van der Waals surface area contributed by atoms with Crippen LogP contribution >= 0.6 is 24.8 Å². The summed E-state index contributed by atoms with van der Waals surface area (Å²) in [4.78, 5) is 4.60. The second-order valence-electron chi connectivity index (χ2n) is 5.44. The molecule has 8 heteroatoms. The number of alkyl halides is 3. The maximum Gasteiger partial charge on any atom is 0.408 e. The van der Waals surface area contributed by atoms with Crippen molar-refractivity contribution in [2.75, 3.05) is 26.2 Å². The smallest absolute Gasteiger partial charge is 0.358 e. The third-order valence-electron chi connectivity index (χ3n) is 4.04. The molecule has 1 aromatic heterocycles. The minimum absolute atomic E-state index is 0. The first-order valence-corrected chi connectivity index (χ1v) is 7.07.